The SMILES string of the molecule is CC[C@@H](C(=O)NC1CCCC1)N(Cc1cccc(OC)c1)C(=O)CN1C(=O)c2ccccc2S1(=O)=O. The van der Waals surface area contributed by atoms with Crippen molar-refractivity contribution >= 4 is 27.7 Å². The Morgan fingerprint density at radius 1 is 1.14 bits per heavy atom. The van der Waals surface area contributed by atoms with E-state index in [1.54, 1.807) is 37.3 Å². The summed E-state index contributed by atoms with van der Waals surface area (Å²) in [4.78, 5) is 41.1. The van der Waals surface area contributed by atoms with Gasteiger partial charge in [-0.15, -0.1) is 0 Å². The lowest BCUT2D eigenvalue weighted by Crippen LogP contribution is -2.53. The Kier molecular flexibility index (Phi) is 7.63. The second-order valence-corrected chi connectivity index (χ2v) is 10.9. The molecule has 0 aromatic heterocycles. The monoisotopic (exact) mass is 513 g/mol. The molecule has 36 heavy (non-hydrogen) atoms. The van der Waals surface area contributed by atoms with E-state index in [0.717, 1.165) is 25.7 Å². The van der Waals surface area contributed by atoms with Gasteiger partial charge in [0.15, 0.2) is 0 Å². The molecule has 1 atom stereocenters. The number of hydrogen-bond donors (Lipinski definition) is 1. The van der Waals surface area contributed by atoms with Crippen LogP contribution in [0, 0.1) is 0 Å². The summed E-state index contributed by atoms with van der Waals surface area (Å²) in [7, 11) is -2.63. The molecule has 2 aromatic rings. The largest absolute Gasteiger partial charge is 0.497 e. The van der Waals surface area contributed by atoms with Crippen LogP contribution in [-0.2, 0) is 26.2 Å². The lowest BCUT2D eigenvalue weighted by atomic mass is 10.1. The van der Waals surface area contributed by atoms with Crippen molar-refractivity contribution in [3.63, 3.8) is 0 Å². The van der Waals surface area contributed by atoms with Crippen molar-refractivity contribution in [1.29, 1.82) is 0 Å². The average Bonchev–Trinajstić information content (AvgIpc) is 3.45. The zero-order chi connectivity index (χ0) is 25.9. The first-order valence-electron chi connectivity index (χ1n) is 12.1. The van der Waals surface area contributed by atoms with E-state index < -0.39 is 34.4 Å². The second kappa shape index (κ2) is 10.7. The zero-order valence-electron chi connectivity index (χ0n) is 20.5. The third-order valence-corrected chi connectivity index (χ3v) is 8.55. The topological polar surface area (TPSA) is 113 Å². The van der Waals surface area contributed by atoms with E-state index in [0.29, 0.717) is 22.0 Å². The molecule has 2 aliphatic rings. The summed E-state index contributed by atoms with van der Waals surface area (Å²) in [5, 5.41) is 3.05. The standard InChI is InChI=1S/C26H31N3O6S/c1-3-22(25(31)27-19-10-4-5-11-19)28(16-18-9-8-12-20(15-18)35-2)24(30)17-29-26(32)21-13-6-7-14-23(21)36(29,33)34/h6-9,12-15,19,22H,3-5,10-11,16-17H2,1-2H3,(H,27,31)/t22-/m0/s1. The van der Waals surface area contributed by atoms with Crippen LogP contribution in [0.5, 0.6) is 5.75 Å². The predicted molar refractivity (Wildman–Crippen MR) is 133 cm³/mol. The Hall–Kier alpha value is -3.40. The van der Waals surface area contributed by atoms with Crippen LogP contribution in [0.25, 0.3) is 0 Å². The van der Waals surface area contributed by atoms with Gasteiger partial charge in [-0.25, -0.2) is 12.7 Å². The zero-order valence-corrected chi connectivity index (χ0v) is 21.3. The van der Waals surface area contributed by atoms with E-state index in [1.807, 2.05) is 0 Å². The van der Waals surface area contributed by atoms with Crippen LogP contribution >= 0.6 is 0 Å². The summed E-state index contributed by atoms with van der Waals surface area (Å²) in [6.07, 6.45) is 4.21. The van der Waals surface area contributed by atoms with Gasteiger partial charge in [-0.05, 0) is 49.1 Å². The van der Waals surface area contributed by atoms with Crippen molar-refractivity contribution in [1.82, 2.24) is 14.5 Å². The maximum atomic E-state index is 13.6. The van der Waals surface area contributed by atoms with Crippen LogP contribution in [0.3, 0.4) is 0 Å². The van der Waals surface area contributed by atoms with Gasteiger partial charge in [0.05, 0.1) is 12.7 Å². The highest BCUT2D eigenvalue weighted by molar-refractivity contribution is 7.90. The number of methoxy groups -OCH3 is 1. The third-order valence-electron chi connectivity index (χ3n) is 6.77. The predicted octanol–water partition coefficient (Wildman–Crippen LogP) is 2.71. The first kappa shape index (κ1) is 25.7. The molecule has 10 heteroatoms. The number of nitrogens with zero attached hydrogens (tertiary/aromatic N) is 2. The molecular weight excluding hydrogens is 482 g/mol. The fourth-order valence-corrected chi connectivity index (χ4v) is 6.37. The van der Waals surface area contributed by atoms with Crippen LogP contribution in [0.15, 0.2) is 53.4 Å². The minimum Gasteiger partial charge on any atom is -0.497 e. The Bertz CT molecular complexity index is 1260. The molecule has 192 valence electrons. The number of amides is 3. The number of carbonyl (C=O) groups excluding carboxylic acids is 3. The van der Waals surface area contributed by atoms with Gasteiger partial charge in [0.2, 0.25) is 11.8 Å². The number of benzene rings is 2. The van der Waals surface area contributed by atoms with E-state index in [1.165, 1.54) is 30.2 Å². The molecule has 1 aliphatic carbocycles. The van der Waals surface area contributed by atoms with Gasteiger partial charge < -0.3 is 15.0 Å². The number of sulfonamides is 1. The first-order chi connectivity index (χ1) is 17.3. The maximum absolute atomic E-state index is 13.6. The van der Waals surface area contributed by atoms with Gasteiger partial charge in [0, 0.05) is 12.6 Å². The molecule has 3 amide bonds. The number of rotatable bonds is 9. The van der Waals surface area contributed by atoms with E-state index in [2.05, 4.69) is 5.32 Å². The van der Waals surface area contributed by atoms with Crippen LogP contribution in [0.4, 0.5) is 0 Å². The van der Waals surface area contributed by atoms with Gasteiger partial charge in [0.25, 0.3) is 15.9 Å². The number of nitrogens with one attached hydrogen (secondary N) is 1. The molecule has 0 spiro atoms. The number of ether oxygens (including phenoxy) is 1. The highest BCUT2D eigenvalue weighted by Gasteiger charge is 2.43. The smallest absolute Gasteiger partial charge is 0.269 e. The second-order valence-electron chi connectivity index (χ2n) is 9.10. The summed E-state index contributed by atoms with van der Waals surface area (Å²) in [5.41, 5.74) is 0.754. The van der Waals surface area contributed by atoms with E-state index in [4.69, 9.17) is 4.74 Å². The van der Waals surface area contributed by atoms with Gasteiger partial charge in [0.1, 0.15) is 23.2 Å². The molecule has 1 fully saturated rings. The van der Waals surface area contributed by atoms with E-state index in [-0.39, 0.29) is 29.0 Å². The molecule has 0 radical (unpaired) electrons. The lowest BCUT2D eigenvalue weighted by Gasteiger charge is -2.32. The molecule has 0 bridgehead atoms. The van der Waals surface area contributed by atoms with Crippen molar-refractivity contribution in [2.75, 3.05) is 13.7 Å². The maximum Gasteiger partial charge on any atom is 0.269 e. The summed E-state index contributed by atoms with van der Waals surface area (Å²) < 4.78 is 32.0. The van der Waals surface area contributed by atoms with E-state index >= 15 is 0 Å². The van der Waals surface area contributed by atoms with Crippen LogP contribution in [0.1, 0.15) is 54.9 Å². The molecule has 1 aliphatic heterocycles. The minimum atomic E-state index is -4.16. The Labute approximate surface area is 211 Å². The summed E-state index contributed by atoms with van der Waals surface area (Å²) in [6, 6.07) is 12.2. The van der Waals surface area contributed by atoms with E-state index in [9.17, 15) is 22.8 Å². The molecule has 1 N–H and O–H groups in total. The van der Waals surface area contributed by atoms with Crippen LogP contribution in [0.2, 0.25) is 0 Å². The van der Waals surface area contributed by atoms with Crippen LogP contribution < -0.4 is 10.1 Å². The molecule has 4 rings (SSSR count). The first-order valence-corrected chi connectivity index (χ1v) is 13.6. The van der Waals surface area contributed by atoms with Crippen molar-refractivity contribution in [3.05, 3.63) is 59.7 Å². The molecule has 1 saturated carbocycles. The Morgan fingerprint density at radius 3 is 2.53 bits per heavy atom. The van der Waals surface area contributed by atoms with Crippen molar-refractivity contribution in [3.8, 4) is 5.75 Å². The number of carbonyl (C=O) groups is 3. The van der Waals surface area contributed by atoms with Gasteiger partial charge in [-0.1, -0.05) is 44.0 Å². The molecule has 0 unspecified atom stereocenters. The highest BCUT2D eigenvalue weighted by atomic mass is 32.2. The molecular formula is C26H31N3O6S. The summed E-state index contributed by atoms with van der Waals surface area (Å²) >= 11 is 0. The molecule has 2 aromatic carbocycles. The van der Waals surface area contributed by atoms with Gasteiger partial charge >= 0.3 is 0 Å². The third kappa shape index (κ3) is 5.09. The molecule has 0 saturated heterocycles. The normalized spacial score (nSPS) is 17.5. The van der Waals surface area contributed by atoms with Crippen molar-refractivity contribution in [2.45, 2.75) is 62.6 Å². The quantitative estimate of drug-likeness (QED) is 0.552. The minimum absolute atomic E-state index is 0.0377. The van der Waals surface area contributed by atoms with Gasteiger partial charge in [-0.3, -0.25) is 14.4 Å². The fourth-order valence-electron chi connectivity index (χ4n) is 4.86. The van der Waals surface area contributed by atoms with Crippen molar-refractivity contribution < 1.29 is 27.5 Å². The van der Waals surface area contributed by atoms with Gasteiger partial charge in [-0.2, -0.15) is 0 Å². The lowest BCUT2D eigenvalue weighted by molar-refractivity contribution is -0.141. The number of hydrogen-bond acceptors (Lipinski definition) is 6. The molecule has 9 nitrogen and oxygen atoms in total. The molecule has 1 heterocycles. The Morgan fingerprint density at radius 2 is 1.86 bits per heavy atom. The fraction of sp³-hybridized carbons (Fsp3) is 0.423. The Balaban J connectivity index is 1.62. The summed E-state index contributed by atoms with van der Waals surface area (Å²) in [5.74, 6) is -1.06. The summed E-state index contributed by atoms with van der Waals surface area (Å²) in [6.45, 7) is 1.17. The number of fused-ring (bicyclic) bond motifs is 1. The van der Waals surface area contributed by atoms with Crippen LogP contribution in [-0.4, -0.2) is 61.1 Å². The van der Waals surface area contributed by atoms with Crippen molar-refractivity contribution in [2.24, 2.45) is 0 Å². The average molecular weight is 514 g/mol. The highest BCUT2D eigenvalue weighted by Crippen LogP contribution is 2.30.